The zero-order valence-electron chi connectivity index (χ0n) is 12.1. The van der Waals surface area contributed by atoms with E-state index in [0.29, 0.717) is 10.7 Å². The number of nitrogens with one attached hydrogen (secondary N) is 1. The van der Waals surface area contributed by atoms with Crippen molar-refractivity contribution in [3.63, 3.8) is 0 Å². The first kappa shape index (κ1) is 15.9. The van der Waals surface area contributed by atoms with Crippen LogP contribution in [0.25, 0.3) is 0 Å². The number of sulfonamides is 1. The van der Waals surface area contributed by atoms with Crippen molar-refractivity contribution in [2.75, 3.05) is 4.72 Å². The Hall–Kier alpha value is -1.44. The van der Waals surface area contributed by atoms with E-state index in [1.165, 1.54) is 23.5 Å². The van der Waals surface area contributed by atoms with Crippen LogP contribution in [0.3, 0.4) is 0 Å². The Labute approximate surface area is 128 Å². The fourth-order valence-electron chi connectivity index (χ4n) is 1.76. The van der Waals surface area contributed by atoms with E-state index in [-0.39, 0.29) is 17.4 Å². The smallest absolute Gasteiger partial charge is 0.263 e. The van der Waals surface area contributed by atoms with Crippen LogP contribution >= 0.6 is 11.3 Å². The van der Waals surface area contributed by atoms with E-state index in [4.69, 9.17) is 0 Å². The molecule has 1 heterocycles. The average Bonchev–Trinajstić information content (AvgIpc) is 2.87. The van der Waals surface area contributed by atoms with Gasteiger partial charge in [-0.3, -0.25) is 4.72 Å². The van der Waals surface area contributed by atoms with E-state index in [1.54, 1.807) is 6.07 Å². The van der Waals surface area contributed by atoms with Crippen LogP contribution in [0, 0.1) is 6.92 Å². The molecule has 0 aliphatic heterocycles. The number of hydrogen-bond acceptors (Lipinski definition) is 5. The van der Waals surface area contributed by atoms with Crippen LogP contribution in [-0.4, -0.2) is 18.5 Å². The van der Waals surface area contributed by atoms with Gasteiger partial charge in [0.25, 0.3) is 10.0 Å². The second kappa shape index (κ2) is 6.13. The zero-order valence-corrected chi connectivity index (χ0v) is 13.8. The van der Waals surface area contributed by atoms with Crippen molar-refractivity contribution in [2.24, 2.45) is 0 Å². The quantitative estimate of drug-likeness (QED) is 0.885. The number of aliphatic hydroxyl groups excluding tert-OH is 1. The maximum absolute atomic E-state index is 12.3. The van der Waals surface area contributed by atoms with Crippen LogP contribution in [0.4, 0.5) is 5.13 Å². The molecule has 2 rings (SSSR count). The minimum Gasteiger partial charge on any atom is -0.392 e. The lowest BCUT2D eigenvalue weighted by Crippen LogP contribution is -2.13. The number of rotatable bonds is 5. The summed E-state index contributed by atoms with van der Waals surface area (Å²) in [5.41, 5.74) is 2.31. The number of thiazole rings is 1. The average molecular weight is 326 g/mol. The van der Waals surface area contributed by atoms with Crippen molar-refractivity contribution in [1.29, 1.82) is 0 Å². The minimum atomic E-state index is -3.69. The number of anilines is 1. The van der Waals surface area contributed by atoms with E-state index in [9.17, 15) is 13.5 Å². The van der Waals surface area contributed by atoms with Gasteiger partial charge in [0, 0.05) is 5.38 Å². The molecule has 114 valence electrons. The Morgan fingerprint density at radius 3 is 2.67 bits per heavy atom. The number of aliphatic hydroxyl groups is 1. The number of aryl methyl sites for hydroxylation is 1. The van der Waals surface area contributed by atoms with Gasteiger partial charge in [0.15, 0.2) is 5.13 Å². The van der Waals surface area contributed by atoms with Crippen LogP contribution in [0.1, 0.15) is 36.6 Å². The summed E-state index contributed by atoms with van der Waals surface area (Å²) in [4.78, 5) is 4.38. The van der Waals surface area contributed by atoms with Crippen LogP contribution in [-0.2, 0) is 16.6 Å². The van der Waals surface area contributed by atoms with Gasteiger partial charge in [0.1, 0.15) is 0 Å². The van der Waals surface area contributed by atoms with Gasteiger partial charge in [-0.1, -0.05) is 19.9 Å². The van der Waals surface area contributed by atoms with Crippen molar-refractivity contribution in [3.8, 4) is 0 Å². The maximum atomic E-state index is 12.3. The molecule has 2 N–H and O–H groups in total. The summed E-state index contributed by atoms with van der Waals surface area (Å²) in [6.07, 6.45) is 0. The Morgan fingerprint density at radius 2 is 2.10 bits per heavy atom. The molecule has 0 fully saturated rings. The highest BCUT2D eigenvalue weighted by Gasteiger charge is 2.17. The van der Waals surface area contributed by atoms with Crippen molar-refractivity contribution in [1.82, 2.24) is 4.98 Å². The summed E-state index contributed by atoms with van der Waals surface area (Å²) < 4.78 is 27.1. The number of benzene rings is 1. The van der Waals surface area contributed by atoms with Crippen LogP contribution in [0.2, 0.25) is 0 Å². The van der Waals surface area contributed by atoms with Gasteiger partial charge in [0.2, 0.25) is 0 Å². The summed E-state index contributed by atoms with van der Waals surface area (Å²) >= 11 is 1.26. The zero-order chi connectivity index (χ0) is 15.6. The molecule has 0 saturated heterocycles. The number of aromatic nitrogens is 1. The van der Waals surface area contributed by atoms with Crippen molar-refractivity contribution in [2.45, 2.75) is 38.2 Å². The molecule has 2 aromatic rings. The Balaban J connectivity index is 2.29. The largest absolute Gasteiger partial charge is 0.392 e. The van der Waals surface area contributed by atoms with Gasteiger partial charge in [-0.2, -0.15) is 0 Å². The molecule has 21 heavy (non-hydrogen) atoms. The highest BCUT2D eigenvalue weighted by Crippen LogP contribution is 2.24. The molecular formula is C14H18N2O3S2. The third-order valence-corrected chi connectivity index (χ3v) is 5.38. The van der Waals surface area contributed by atoms with Gasteiger partial charge in [-0.25, -0.2) is 13.4 Å². The summed E-state index contributed by atoms with van der Waals surface area (Å²) in [5, 5.41) is 11.4. The highest BCUT2D eigenvalue weighted by atomic mass is 32.2. The topological polar surface area (TPSA) is 79.3 Å². The second-order valence-electron chi connectivity index (χ2n) is 5.08. The van der Waals surface area contributed by atoms with Gasteiger partial charge < -0.3 is 5.11 Å². The molecule has 0 bridgehead atoms. The predicted molar refractivity (Wildman–Crippen MR) is 84.1 cm³/mol. The van der Waals surface area contributed by atoms with Gasteiger partial charge in [-0.15, -0.1) is 11.3 Å². The highest BCUT2D eigenvalue weighted by molar-refractivity contribution is 7.93. The molecule has 0 atom stereocenters. The first-order valence-electron chi connectivity index (χ1n) is 6.52. The molecule has 0 unspecified atom stereocenters. The van der Waals surface area contributed by atoms with Crippen molar-refractivity contribution in [3.05, 3.63) is 40.4 Å². The van der Waals surface area contributed by atoms with E-state index >= 15 is 0 Å². The summed E-state index contributed by atoms with van der Waals surface area (Å²) in [6.45, 7) is 5.64. The first-order valence-corrected chi connectivity index (χ1v) is 8.88. The molecule has 1 aromatic carbocycles. The van der Waals surface area contributed by atoms with Gasteiger partial charge >= 0.3 is 0 Å². The molecular weight excluding hydrogens is 308 g/mol. The van der Waals surface area contributed by atoms with E-state index < -0.39 is 10.0 Å². The summed E-state index contributed by atoms with van der Waals surface area (Å²) in [6, 6.07) is 4.68. The summed E-state index contributed by atoms with van der Waals surface area (Å²) in [5.74, 6) is 0.250. The van der Waals surface area contributed by atoms with E-state index in [0.717, 1.165) is 11.3 Å². The maximum Gasteiger partial charge on any atom is 0.263 e. The standard InChI is InChI=1S/C14H18N2O3S2/c1-9(2)13-8-20-14(15-13)16-21(18,19)12-5-4-10(3)11(6-12)7-17/h4-6,8-9,17H,7H2,1-3H3,(H,15,16). The van der Waals surface area contributed by atoms with E-state index in [2.05, 4.69) is 9.71 Å². The fourth-order valence-corrected chi connectivity index (χ4v) is 3.93. The normalized spacial score (nSPS) is 11.9. The van der Waals surface area contributed by atoms with Gasteiger partial charge in [0.05, 0.1) is 17.2 Å². The van der Waals surface area contributed by atoms with Crippen LogP contribution in [0.15, 0.2) is 28.5 Å². The molecule has 0 radical (unpaired) electrons. The SMILES string of the molecule is Cc1ccc(S(=O)(=O)Nc2nc(C(C)C)cs2)cc1CO. The molecule has 0 amide bonds. The lowest BCUT2D eigenvalue weighted by Gasteiger charge is -2.08. The van der Waals surface area contributed by atoms with Crippen molar-refractivity contribution < 1.29 is 13.5 Å². The Bertz CT molecular complexity index is 736. The van der Waals surface area contributed by atoms with Gasteiger partial charge in [-0.05, 0) is 36.1 Å². The number of nitrogens with zero attached hydrogens (tertiary/aromatic N) is 1. The molecule has 0 aliphatic carbocycles. The van der Waals surface area contributed by atoms with Crippen LogP contribution in [0.5, 0.6) is 0 Å². The molecule has 1 aromatic heterocycles. The monoisotopic (exact) mass is 326 g/mol. The third kappa shape index (κ3) is 3.61. The first-order chi connectivity index (χ1) is 9.83. The lowest BCUT2D eigenvalue weighted by molar-refractivity contribution is 0.281. The van der Waals surface area contributed by atoms with E-state index in [1.807, 2.05) is 26.2 Å². The van der Waals surface area contributed by atoms with Crippen molar-refractivity contribution >= 4 is 26.5 Å². The molecule has 5 nitrogen and oxygen atoms in total. The molecule has 0 aliphatic rings. The molecule has 7 heteroatoms. The molecule has 0 spiro atoms. The fraction of sp³-hybridized carbons (Fsp3) is 0.357. The predicted octanol–water partition coefficient (Wildman–Crippen LogP) is 2.87. The summed E-state index contributed by atoms with van der Waals surface area (Å²) in [7, 11) is -3.69. The Morgan fingerprint density at radius 1 is 1.38 bits per heavy atom. The third-order valence-electron chi connectivity index (χ3n) is 3.14. The minimum absolute atomic E-state index is 0.124. The lowest BCUT2D eigenvalue weighted by atomic mass is 10.1. The second-order valence-corrected chi connectivity index (χ2v) is 7.62. The van der Waals surface area contributed by atoms with Crippen LogP contribution < -0.4 is 4.72 Å². The Kier molecular flexibility index (Phi) is 4.65. The molecule has 0 saturated carbocycles. The number of hydrogen-bond donors (Lipinski definition) is 2.